The standard InChI is InChI=1S/C21H33N3O.2ClH/c1-17(19-10-7-11-22-15-19)14-21(25)23-16-20(24-12-5-6-13-24)18-8-3-2-4-9-18;;/h2-4,8-9,17,19-20,22H,5-7,10-16H2,1H3,(H,23,25);2*1H. The Morgan fingerprint density at radius 1 is 1.19 bits per heavy atom. The van der Waals surface area contributed by atoms with E-state index in [0.717, 1.165) is 32.7 Å². The van der Waals surface area contributed by atoms with E-state index in [-0.39, 0.29) is 30.7 Å². The highest BCUT2D eigenvalue weighted by Crippen LogP contribution is 2.25. The zero-order chi connectivity index (χ0) is 17.5. The Morgan fingerprint density at radius 2 is 1.89 bits per heavy atom. The Kier molecular flexibility index (Phi) is 11.3. The van der Waals surface area contributed by atoms with Crippen LogP contribution < -0.4 is 10.6 Å². The molecule has 0 saturated carbocycles. The van der Waals surface area contributed by atoms with Crippen molar-refractivity contribution in [3.63, 3.8) is 0 Å². The molecule has 1 amide bonds. The highest BCUT2D eigenvalue weighted by molar-refractivity contribution is 5.85. The molecule has 1 aromatic rings. The molecule has 2 N–H and O–H groups in total. The van der Waals surface area contributed by atoms with Crippen LogP contribution in [0.5, 0.6) is 0 Å². The molecule has 1 aromatic carbocycles. The number of rotatable bonds is 7. The van der Waals surface area contributed by atoms with Crippen molar-refractivity contribution in [3.05, 3.63) is 35.9 Å². The number of piperidine rings is 1. The normalized spacial score (nSPS) is 22.2. The monoisotopic (exact) mass is 415 g/mol. The van der Waals surface area contributed by atoms with Gasteiger partial charge in [0.05, 0.1) is 6.04 Å². The molecule has 2 fully saturated rings. The Balaban J connectivity index is 0.00000182. The van der Waals surface area contributed by atoms with Gasteiger partial charge in [0.1, 0.15) is 0 Å². The zero-order valence-electron chi connectivity index (χ0n) is 16.4. The average molecular weight is 416 g/mol. The minimum absolute atomic E-state index is 0. The molecule has 3 atom stereocenters. The summed E-state index contributed by atoms with van der Waals surface area (Å²) in [5.41, 5.74) is 1.31. The molecule has 2 aliphatic heterocycles. The van der Waals surface area contributed by atoms with Crippen LogP contribution in [0, 0.1) is 11.8 Å². The molecule has 0 spiro atoms. The second kappa shape index (κ2) is 12.6. The van der Waals surface area contributed by atoms with Crippen LogP contribution in [-0.2, 0) is 4.79 Å². The van der Waals surface area contributed by atoms with Crippen molar-refractivity contribution in [2.75, 3.05) is 32.7 Å². The van der Waals surface area contributed by atoms with Crippen LogP contribution in [0.15, 0.2) is 30.3 Å². The molecule has 154 valence electrons. The minimum atomic E-state index is 0. The van der Waals surface area contributed by atoms with Crippen LogP contribution in [0.2, 0.25) is 0 Å². The van der Waals surface area contributed by atoms with Gasteiger partial charge < -0.3 is 10.6 Å². The van der Waals surface area contributed by atoms with Crippen molar-refractivity contribution in [1.82, 2.24) is 15.5 Å². The van der Waals surface area contributed by atoms with Gasteiger partial charge >= 0.3 is 0 Å². The average Bonchev–Trinajstić information content (AvgIpc) is 3.18. The molecule has 0 bridgehead atoms. The number of nitrogens with zero attached hydrogens (tertiary/aromatic N) is 1. The minimum Gasteiger partial charge on any atom is -0.354 e. The quantitative estimate of drug-likeness (QED) is 0.711. The molecular formula is C21H35Cl2N3O. The van der Waals surface area contributed by atoms with Crippen molar-refractivity contribution in [2.45, 2.75) is 45.1 Å². The summed E-state index contributed by atoms with van der Waals surface area (Å²) >= 11 is 0. The van der Waals surface area contributed by atoms with Crippen LogP contribution in [0.4, 0.5) is 0 Å². The molecule has 6 heteroatoms. The topological polar surface area (TPSA) is 44.4 Å². The van der Waals surface area contributed by atoms with E-state index in [4.69, 9.17) is 0 Å². The smallest absolute Gasteiger partial charge is 0.220 e. The van der Waals surface area contributed by atoms with E-state index in [2.05, 4.69) is 52.8 Å². The van der Waals surface area contributed by atoms with Crippen LogP contribution in [0.1, 0.15) is 50.6 Å². The van der Waals surface area contributed by atoms with Gasteiger partial charge in [0.15, 0.2) is 0 Å². The highest BCUT2D eigenvalue weighted by atomic mass is 35.5. The molecule has 3 rings (SSSR count). The first kappa shape index (κ1) is 24.2. The molecule has 3 unspecified atom stereocenters. The largest absolute Gasteiger partial charge is 0.354 e. The Labute approximate surface area is 176 Å². The summed E-state index contributed by atoms with van der Waals surface area (Å²) in [7, 11) is 0. The zero-order valence-corrected chi connectivity index (χ0v) is 18.0. The molecule has 27 heavy (non-hydrogen) atoms. The van der Waals surface area contributed by atoms with Gasteiger partial charge in [-0.2, -0.15) is 0 Å². The summed E-state index contributed by atoms with van der Waals surface area (Å²) in [5.74, 6) is 1.30. The fourth-order valence-electron chi connectivity index (χ4n) is 4.29. The van der Waals surface area contributed by atoms with E-state index in [1.54, 1.807) is 0 Å². The molecule has 4 nitrogen and oxygen atoms in total. The summed E-state index contributed by atoms with van der Waals surface area (Å²) < 4.78 is 0. The van der Waals surface area contributed by atoms with Crippen LogP contribution in [0.25, 0.3) is 0 Å². The van der Waals surface area contributed by atoms with Gasteiger partial charge in [0.25, 0.3) is 0 Å². The summed E-state index contributed by atoms with van der Waals surface area (Å²) in [6, 6.07) is 10.9. The Hall–Kier alpha value is -0.810. The maximum Gasteiger partial charge on any atom is 0.220 e. The van der Waals surface area contributed by atoms with Gasteiger partial charge in [-0.25, -0.2) is 0 Å². The molecule has 0 aromatic heterocycles. The second-order valence-corrected chi connectivity index (χ2v) is 7.76. The third-order valence-corrected chi connectivity index (χ3v) is 5.91. The van der Waals surface area contributed by atoms with Crippen molar-refractivity contribution < 1.29 is 4.79 Å². The van der Waals surface area contributed by atoms with Crippen molar-refractivity contribution in [3.8, 4) is 0 Å². The second-order valence-electron chi connectivity index (χ2n) is 7.76. The molecular weight excluding hydrogens is 381 g/mol. The number of likely N-dealkylation sites (tertiary alicyclic amines) is 1. The van der Waals surface area contributed by atoms with Gasteiger partial charge in [0, 0.05) is 13.0 Å². The van der Waals surface area contributed by atoms with Crippen molar-refractivity contribution in [2.24, 2.45) is 11.8 Å². The number of carbonyl (C=O) groups is 1. The number of benzene rings is 1. The van der Waals surface area contributed by atoms with E-state index in [1.807, 2.05) is 0 Å². The van der Waals surface area contributed by atoms with Gasteiger partial charge in [-0.15, -0.1) is 24.8 Å². The van der Waals surface area contributed by atoms with E-state index in [9.17, 15) is 4.79 Å². The van der Waals surface area contributed by atoms with Crippen LogP contribution >= 0.6 is 24.8 Å². The lowest BCUT2D eigenvalue weighted by atomic mass is 9.85. The first-order valence-corrected chi connectivity index (χ1v) is 10.0. The third kappa shape index (κ3) is 7.26. The maximum absolute atomic E-state index is 12.5. The number of hydrogen-bond donors (Lipinski definition) is 2. The summed E-state index contributed by atoms with van der Waals surface area (Å²) in [6.07, 6.45) is 5.67. The van der Waals surface area contributed by atoms with Gasteiger partial charge in [-0.05, 0) is 69.3 Å². The molecule has 0 radical (unpaired) electrons. The number of hydrogen-bond acceptors (Lipinski definition) is 3. The summed E-state index contributed by atoms with van der Waals surface area (Å²) in [6.45, 7) is 7.42. The Morgan fingerprint density at radius 3 is 2.52 bits per heavy atom. The molecule has 2 aliphatic rings. The molecule has 2 heterocycles. The van der Waals surface area contributed by atoms with Crippen molar-refractivity contribution in [1.29, 1.82) is 0 Å². The number of halogens is 2. The van der Waals surface area contributed by atoms with E-state index < -0.39 is 0 Å². The first-order chi connectivity index (χ1) is 12.2. The first-order valence-electron chi connectivity index (χ1n) is 10.0. The fourth-order valence-corrected chi connectivity index (χ4v) is 4.29. The van der Waals surface area contributed by atoms with E-state index in [0.29, 0.717) is 24.3 Å². The Bertz CT molecular complexity index is 531. The van der Waals surface area contributed by atoms with Crippen LogP contribution in [-0.4, -0.2) is 43.5 Å². The lowest BCUT2D eigenvalue weighted by Crippen LogP contribution is -2.39. The van der Waals surface area contributed by atoms with Crippen LogP contribution in [0.3, 0.4) is 0 Å². The van der Waals surface area contributed by atoms with E-state index >= 15 is 0 Å². The molecule has 2 saturated heterocycles. The number of nitrogens with one attached hydrogen (secondary N) is 2. The number of carbonyl (C=O) groups excluding carboxylic acids is 1. The SMILES string of the molecule is CC(CC(=O)NCC(c1ccccc1)N1CCCC1)C1CCCNC1.Cl.Cl. The predicted octanol–water partition coefficient (Wildman–Crippen LogP) is 3.81. The maximum atomic E-state index is 12.5. The summed E-state index contributed by atoms with van der Waals surface area (Å²) in [5, 5.41) is 6.69. The van der Waals surface area contributed by atoms with Gasteiger partial charge in [-0.3, -0.25) is 9.69 Å². The highest BCUT2D eigenvalue weighted by Gasteiger charge is 2.25. The summed E-state index contributed by atoms with van der Waals surface area (Å²) in [4.78, 5) is 15.0. The van der Waals surface area contributed by atoms with E-state index in [1.165, 1.54) is 31.2 Å². The van der Waals surface area contributed by atoms with Gasteiger partial charge in [0.2, 0.25) is 5.91 Å². The number of amides is 1. The fraction of sp³-hybridized carbons (Fsp3) is 0.667. The van der Waals surface area contributed by atoms with Crippen molar-refractivity contribution >= 4 is 30.7 Å². The van der Waals surface area contributed by atoms with Gasteiger partial charge in [-0.1, -0.05) is 37.3 Å². The lowest BCUT2D eigenvalue weighted by Gasteiger charge is -2.30. The third-order valence-electron chi connectivity index (χ3n) is 5.91. The molecule has 0 aliphatic carbocycles. The lowest BCUT2D eigenvalue weighted by molar-refractivity contribution is -0.122. The predicted molar refractivity (Wildman–Crippen MR) is 117 cm³/mol.